The number of benzene rings is 2. The SMILES string of the molecule is O=C(Cc1c(Sc2ccc(F)cc2)[nH]c2ccccc12)NCC1CCCO1. The van der Waals surface area contributed by atoms with Crippen molar-refractivity contribution in [3.63, 3.8) is 0 Å². The van der Waals surface area contributed by atoms with E-state index in [0.717, 1.165) is 45.8 Å². The molecule has 0 radical (unpaired) electrons. The first kappa shape index (κ1) is 18.1. The lowest BCUT2D eigenvalue weighted by Gasteiger charge is -2.11. The van der Waals surface area contributed by atoms with Gasteiger partial charge in [-0.1, -0.05) is 30.0 Å². The van der Waals surface area contributed by atoms with Crippen LogP contribution in [0.2, 0.25) is 0 Å². The molecule has 1 saturated heterocycles. The van der Waals surface area contributed by atoms with E-state index < -0.39 is 0 Å². The first-order valence-electron chi connectivity index (χ1n) is 9.10. The molecule has 0 aliphatic carbocycles. The minimum Gasteiger partial charge on any atom is -0.376 e. The molecule has 1 aliphatic rings. The van der Waals surface area contributed by atoms with Crippen LogP contribution in [0.4, 0.5) is 4.39 Å². The van der Waals surface area contributed by atoms with Crippen LogP contribution in [-0.2, 0) is 16.0 Å². The van der Waals surface area contributed by atoms with Gasteiger partial charge in [0.1, 0.15) is 5.82 Å². The normalized spacial score (nSPS) is 16.7. The molecule has 4 nitrogen and oxygen atoms in total. The molecule has 0 spiro atoms. The van der Waals surface area contributed by atoms with Gasteiger partial charge >= 0.3 is 0 Å². The van der Waals surface area contributed by atoms with Crippen molar-refractivity contribution >= 4 is 28.6 Å². The summed E-state index contributed by atoms with van der Waals surface area (Å²) >= 11 is 1.51. The smallest absolute Gasteiger partial charge is 0.224 e. The third-order valence-electron chi connectivity index (χ3n) is 4.70. The minimum atomic E-state index is -0.260. The number of H-pyrrole nitrogens is 1. The summed E-state index contributed by atoms with van der Waals surface area (Å²) in [4.78, 5) is 16.8. The number of fused-ring (bicyclic) bond motifs is 1. The van der Waals surface area contributed by atoms with Gasteiger partial charge in [0, 0.05) is 34.5 Å². The van der Waals surface area contributed by atoms with Crippen molar-refractivity contribution in [1.82, 2.24) is 10.3 Å². The molecule has 0 saturated carbocycles. The van der Waals surface area contributed by atoms with Gasteiger partial charge in [-0.2, -0.15) is 0 Å². The summed E-state index contributed by atoms with van der Waals surface area (Å²) in [5, 5.41) is 4.94. The van der Waals surface area contributed by atoms with Crippen LogP contribution in [0.15, 0.2) is 58.5 Å². The lowest BCUT2D eigenvalue weighted by Crippen LogP contribution is -2.32. The summed E-state index contributed by atoms with van der Waals surface area (Å²) in [6.07, 6.45) is 2.48. The number of carbonyl (C=O) groups is 1. The third-order valence-corrected chi connectivity index (χ3v) is 5.76. The maximum atomic E-state index is 13.2. The number of hydrogen-bond donors (Lipinski definition) is 2. The summed E-state index contributed by atoms with van der Waals surface area (Å²) < 4.78 is 18.7. The van der Waals surface area contributed by atoms with Gasteiger partial charge in [0.2, 0.25) is 5.91 Å². The minimum absolute atomic E-state index is 0.0174. The van der Waals surface area contributed by atoms with Gasteiger partial charge in [0.25, 0.3) is 0 Å². The first-order chi connectivity index (χ1) is 13.2. The topological polar surface area (TPSA) is 54.1 Å². The van der Waals surface area contributed by atoms with Gasteiger partial charge in [-0.15, -0.1) is 0 Å². The molecule has 1 aromatic heterocycles. The fourth-order valence-corrected chi connectivity index (χ4v) is 4.29. The summed E-state index contributed by atoms with van der Waals surface area (Å²) in [5.74, 6) is -0.277. The molecule has 0 bridgehead atoms. The molecule has 1 amide bonds. The average Bonchev–Trinajstić information content (AvgIpc) is 3.31. The van der Waals surface area contributed by atoms with E-state index in [1.807, 2.05) is 24.3 Å². The second-order valence-corrected chi connectivity index (χ2v) is 7.73. The van der Waals surface area contributed by atoms with E-state index in [1.54, 1.807) is 12.1 Å². The molecule has 140 valence electrons. The monoisotopic (exact) mass is 384 g/mol. The number of aromatic nitrogens is 1. The van der Waals surface area contributed by atoms with Gasteiger partial charge in [-0.3, -0.25) is 4.79 Å². The number of rotatable bonds is 6. The molecule has 2 N–H and O–H groups in total. The molecule has 1 aliphatic heterocycles. The fraction of sp³-hybridized carbons (Fsp3) is 0.286. The van der Waals surface area contributed by atoms with Crippen LogP contribution in [0.5, 0.6) is 0 Å². The van der Waals surface area contributed by atoms with Crippen molar-refractivity contribution < 1.29 is 13.9 Å². The summed E-state index contributed by atoms with van der Waals surface area (Å²) in [6.45, 7) is 1.34. The number of para-hydroxylation sites is 1. The summed E-state index contributed by atoms with van der Waals surface area (Å²) in [5.41, 5.74) is 1.95. The highest BCUT2D eigenvalue weighted by Gasteiger charge is 2.19. The van der Waals surface area contributed by atoms with Gasteiger partial charge in [-0.05, 0) is 43.2 Å². The van der Waals surface area contributed by atoms with E-state index in [1.165, 1.54) is 23.9 Å². The Morgan fingerprint density at radius 3 is 2.81 bits per heavy atom. The number of ether oxygens (including phenoxy) is 1. The number of halogens is 1. The van der Waals surface area contributed by atoms with Gasteiger partial charge in [0.05, 0.1) is 17.6 Å². The average molecular weight is 384 g/mol. The van der Waals surface area contributed by atoms with E-state index in [4.69, 9.17) is 4.74 Å². The van der Waals surface area contributed by atoms with Gasteiger partial charge < -0.3 is 15.0 Å². The zero-order chi connectivity index (χ0) is 18.6. The molecule has 1 atom stereocenters. The lowest BCUT2D eigenvalue weighted by molar-refractivity contribution is -0.120. The molecular formula is C21H21FN2O2S. The van der Waals surface area contributed by atoms with E-state index in [9.17, 15) is 9.18 Å². The lowest BCUT2D eigenvalue weighted by atomic mass is 10.1. The highest BCUT2D eigenvalue weighted by molar-refractivity contribution is 7.99. The van der Waals surface area contributed by atoms with Gasteiger partial charge in [0.15, 0.2) is 0 Å². The predicted octanol–water partition coefficient (Wildman–Crippen LogP) is 4.30. The maximum Gasteiger partial charge on any atom is 0.224 e. The van der Waals surface area contributed by atoms with E-state index in [-0.39, 0.29) is 17.8 Å². The first-order valence-corrected chi connectivity index (χ1v) is 9.92. The quantitative estimate of drug-likeness (QED) is 0.666. The second kappa shape index (κ2) is 8.15. The Balaban J connectivity index is 1.54. The molecule has 1 unspecified atom stereocenters. The molecule has 27 heavy (non-hydrogen) atoms. The molecular weight excluding hydrogens is 363 g/mol. The van der Waals surface area contributed by atoms with Crippen LogP contribution < -0.4 is 5.32 Å². The fourth-order valence-electron chi connectivity index (χ4n) is 3.31. The Labute approximate surface area is 161 Å². The maximum absolute atomic E-state index is 13.2. The molecule has 2 aromatic carbocycles. The van der Waals surface area contributed by atoms with Crippen molar-refractivity contribution in [3.8, 4) is 0 Å². The Bertz CT molecular complexity index is 933. The van der Waals surface area contributed by atoms with Gasteiger partial charge in [-0.25, -0.2) is 4.39 Å². The van der Waals surface area contributed by atoms with Crippen LogP contribution in [0.1, 0.15) is 18.4 Å². The zero-order valence-electron chi connectivity index (χ0n) is 14.8. The van der Waals surface area contributed by atoms with Crippen LogP contribution in [-0.4, -0.2) is 30.1 Å². The van der Waals surface area contributed by atoms with Crippen molar-refractivity contribution in [2.24, 2.45) is 0 Å². The Morgan fingerprint density at radius 2 is 2.04 bits per heavy atom. The standard InChI is InChI=1S/C21H21FN2O2S/c22-14-7-9-16(10-8-14)27-21-18(17-5-1-2-6-19(17)24-21)12-20(25)23-13-15-4-3-11-26-15/h1-2,5-10,15,24H,3-4,11-13H2,(H,23,25). The predicted molar refractivity (Wildman–Crippen MR) is 105 cm³/mol. The number of aromatic amines is 1. The van der Waals surface area contributed by atoms with Crippen LogP contribution in [0.25, 0.3) is 10.9 Å². The van der Waals surface area contributed by atoms with Crippen LogP contribution in [0, 0.1) is 5.82 Å². The number of hydrogen-bond acceptors (Lipinski definition) is 3. The Hall–Kier alpha value is -2.31. The Morgan fingerprint density at radius 1 is 1.22 bits per heavy atom. The van der Waals surface area contributed by atoms with Crippen molar-refractivity contribution in [3.05, 3.63) is 59.9 Å². The van der Waals surface area contributed by atoms with Crippen molar-refractivity contribution in [2.75, 3.05) is 13.2 Å². The molecule has 4 rings (SSSR count). The number of nitrogens with one attached hydrogen (secondary N) is 2. The zero-order valence-corrected chi connectivity index (χ0v) is 15.7. The van der Waals surface area contributed by atoms with Crippen molar-refractivity contribution in [1.29, 1.82) is 0 Å². The van der Waals surface area contributed by atoms with E-state index in [2.05, 4.69) is 10.3 Å². The second-order valence-electron chi connectivity index (χ2n) is 6.65. The van der Waals surface area contributed by atoms with Crippen molar-refractivity contribution in [2.45, 2.75) is 35.3 Å². The summed E-state index contributed by atoms with van der Waals surface area (Å²) in [6, 6.07) is 14.3. The molecule has 1 fully saturated rings. The molecule has 2 heterocycles. The molecule has 3 aromatic rings. The van der Waals surface area contributed by atoms with Crippen LogP contribution in [0.3, 0.4) is 0 Å². The van der Waals surface area contributed by atoms with E-state index in [0.29, 0.717) is 13.0 Å². The highest BCUT2D eigenvalue weighted by atomic mass is 32.2. The number of amides is 1. The Kier molecular flexibility index (Phi) is 5.45. The summed E-state index contributed by atoms with van der Waals surface area (Å²) in [7, 11) is 0. The number of carbonyl (C=O) groups excluding carboxylic acids is 1. The third kappa shape index (κ3) is 4.34. The molecule has 6 heteroatoms. The largest absolute Gasteiger partial charge is 0.376 e. The van der Waals surface area contributed by atoms with Crippen LogP contribution >= 0.6 is 11.8 Å². The highest BCUT2D eigenvalue weighted by Crippen LogP contribution is 2.34. The van der Waals surface area contributed by atoms with E-state index >= 15 is 0 Å².